The van der Waals surface area contributed by atoms with E-state index in [2.05, 4.69) is 16.0 Å². The number of thiophene rings is 1. The third-order valence-electron chi connectivity index (χ3n) is 4.29. The third kappa shape index (κ3) is 5.59. The van der Waals surface area contributed by atoms with E-state index in [1.807, 2.05) is 0 Å². The number of aromatic hydroxyl groups is 1. The Morgan fingerprint density at radius 2 is 2.07 bits per heavy atom. The lowest BCUT2D eigenvalue weighted by Crippen LogP contribution is -2.38. The average Bonchev–Trinajstić information content (AvgIpc) is 3.08. The van der Waals surface area contributed by atoms with Crippen molar-refractivity contribution in [2.24, 2.45) is 5.92 Å². The molecule has 0 spiro atoms. The fourth-order valence-corrected chi connectivity index (χ4v) is 3.83. The van der Waals surface area contributed by atoms with E-state index in [0.29, 0.717) is 28.0 Å². The van der Waals surface area contributed by atoms with Crippen molar-refractivity contribution in [2.75, 3.05) is 25.0 Å². The number of phenolic OH excluding ortho intramolecular Hbond substituents is 1. The number of hydrogen-bond donors (Lipinski definition) is 4. The van der Waals surface area contributed by atoms with Gasteiger partial charge in [0, 0.05) is 11.6 Å². The summed E-state index contributed by atoms with van der Waals surface area (Å²) in [4.78, 5) is 24.8. The largest absolute Gasteiger partial charge is 0.507 e. The first kappa shape index (κ1) is 21.5. The summed E-state index contributed by atoms with van der Waals surface area (Å²) >= 11 is 7.04. The Morgan fingerprint density at radius 1 is 1.26 bits per heavy atom. The number of nitrogens with one attached hydrogen (secondary N) is 3. The Kier molecular flexibility index (Phi) is 7.91. The summed E-state index contributed by atoms with van der Waals surface area (Å²) in [6.07, 6.45) is 2.21. The molecule has 27 heavy (non-hydrogen) atoms. The molecule has 1 unspecified atom stereocenters. The van der Waals surface area contributed by atoms with Crippen LogP contribution in [0.25, 0.3) is 0 Å². The molecule has 2 heterocycles. The van der Waals surface area contributed by atoms with Crippen molar-refractivity contribution in [3.63, 3.8) is 0 Å². The predicted octanol–water partition coefficient (Wildman–Crippen LogP) is 3.51. The van der Waals surface area contributed by atoms with Gasteiger partial charge in [-0.1, -0.05) is 11.6 Å². The molecule has 3 rings (SSSR count). The van der Waals surface area contributed by atoms with Crippen molar-refractivity contribution in [3.05, 3.63) is 45.8 Å². The molecule has 1 fully saturated rings. The molecule has 2 amide bonds. The van der Waals surface area contributed by atoms with Gasteiger partial charge in [-0.25, -0.2) is 0 Å². The fourth-order valence-electron chi connectivity index (χ4n) is 2.88. The second-order valence-corrected chi connectivity index (χ2v) is 7.55. The van der Waals surface area contributed by atoms with E-state index in [4.69, 9.17) is 11.6 Å². The third-order valence-corrected chi connectivity index (χ3v) is 5.36. The standard InChI is InChI=1S/C18H20ClN3O3S.ClH/c19-12-3-4-13(15(23)8-12)17(25)22-18-14(5-7-26-18)16(24)21-10-11-2-1-6-20-9-11;/h3-5,7-8,11,20,23H,1-2,6,9-10H2,(H,21,24)(H,22,25);1H. The smallest absolute Gasteiger partial charge is 0.260 e. The lowest BCUT2D eigenvalue weighted by Gasteiger charge is -2.22. The Balaban J connectivity index is 0.00000261. The molecule has 1 aromatic heterocycles. The summed E-state index contributed by atoms with van der Waals surface area (Å²) in [5.41, 5.74) is 0.517. The van der Waals surface area contributed by atoms with Crippen molar-refractivity contribution in [1.82, 2.24) is 10.6 Å². The van der Waals surface area contributed by atoms with Crippen LogP contribution >= 0.6 is 35.3 Å². The maximum atomic E-state index is 12.5. The molecular weight excluding hydrogens is 409 g/mol. The molecule has 1 atom stereocenters. The summed E-state index contributed by atoms with van der Waals surface area (Å²) in [5.74, 6) is -0.489. The molecule has 9 heteroatoms. The highest BCUT2D eigenvalue weighted by Gasteiger charge is 2.19. The molecule has 1 aliphatic heterocycles. The maximum absolute atomic E-state index is 12.5. The topological polar surface area (TPSA) is 90.5 Å². The predicted molar refractivity (Wildman–Crippen MR) is 111 cm³/mol. The van der Waals surface area contributed by atoms with Gasteiger partial charge in [0.1, 0.15) is 10.8 Å². The van der Waals surface area contributed by atoms with Gasteiger partial charge in [0.15, 0.2) is 0 Å². The molecular formula is C18H21Cl2N3O3S. The molecule has 1 aromatic carbocycles. The summed E-state index contributed by atoms with van der Waals surface area (Å²) in [5, 5.41) is 21.3. The van der Waals surface area contributed by atoms with E-state index in [9.17, 15) is 14.7 Å². The van der Waals surface area contributed by atoms with Gasteiger partial charge in [0.05, 0.1) is 11.1 Å². The number of hydrogen-bond acceptors (Lipinski definition) is 5. The Labute approximate surface area is 172 Å². The van der Waals surface area contributed by atoms with E-state index < -0.39 is 5.91 Å². The summed E-state index contributed by atoms with van der Waals surface area (Å²) in [7, 11) is 0. The highest BCUT2D eigenvalue weighted by atomic mass is 35.5. The SMILES string of the molecule is Cl.O=C(Nc1sccc1C(=O)NCC1CCCNC1)c1ccc(Cl)cc1O. The zero-order valence-corrected chi connectivity index (χ0v) is 16.8. The molecule has 6 nitrogen and oxygen atoms in total. The normalized spacial score (nSPS) is 16.3. The lowest BCUT2D eigenvalue weighted by molar-refractivity contribution is 0.0946. The van der Waals surface area contributed by atoms with Crippen LogP contribution < -0.4 is 16.0 Å². The van der Waals surface area contributed by atoms with E-state index in [0.717, 1.165) is 25.9 Å². The quantitative estimate of drug-likeness (QED) is 0.585. The van der Waals surface area contributed by atoms with Crippen LogP contribution in [0.5, 0.6) is 5.75 Å². The fraction of sp³-hybridized carbons (Fsp3) is 0.333. The van der Waals surface area contributed by atoms with Crippen molar-refractivity contribution in [2.45, 2.75) is 12.8 Å². The lowest BCUT2D eigenvalue weighted by atomic mass is 10.00. The Bertz CT molecular complexity index is 807. The van der Waals surface area contributed by atoms with Crippen molar-refractivity contribution in [1.29, 1.82) is 0 Å². The second kappa shape index (κ2) is 9.94. The number of carbonyl (C=O) groups is 2. The van der Waals surface area contributed by atoms with Crippen LogP contribution in [0.15, 0.2) is 29.6 Å². The molecule has 0 radical (unpaired) electrons. The number of phenols is 1. The van der Waals surface area contributed by atoms with Crippen LogP contribution in [0.1, 0.15) is 33.6 Å². The highest BCUT2D eigenvalue weighted by Crippen LogP contribution is 2.27. The van der Waals surface area contributed by atoms with Crippen LogP contribution in [0.3, 0.4) is 0 Å². The monoisotopic (exact) mass is 429 g/mol. The molecule has 146 valence electrons. The summed E-state index contributed by atoms with van der Waals surface area (Å²) < 4.78 is 0. The number of piperidine rings is 1. The van der Waals surface area contributed by atoms with Crippen LogP contribution in [0.2, 0.25) is 5.02 Å². The molecule has 0 bridgehead atoms. The van der Waals surface area contributed by atoms with Gasteiger partial charge in [-0.3, -0.25) is 9.59 Å². The number of anilines is 1. The second-order valence-electron chi connectivity index (χ2n) is 6.20. The number of rotatable bonds is 5. The number of halogens is 2. The maximum Gasteiger partial charge on any atom is 0.260 e. The zero-order chi connectivity index (χ0) is 18.5. The first-order chi connectivity index (χ1) is 12.5. The minimum atomic E-state index is -0.493. The van der Waals surface area contributed by atoms with Gasteiger partial charge >= 0.3 is 0 Å². The molecule has 1 aliphatic rings. The summed E-state index contributed by atoms with van der Waals surface area (Å²) in [6, 6.07) is 5.94. The van der Waals surface area contributed by atoms with Gasteiger partial charge in [-0.2, -0.15) is 0 Å². The van der Waals surface area contributed by atoms with Crippen LogP contribution in [0.4, 0.5) is 5.00 Å². The minimum absolute atomic E-state index is 0. The average molecular weight is 430 g/mol. The van der Waals surface area contributed by atoms with Crippen molar-refractivity contribution in [3.8, 4) is 5.75 Å². The van der Waals surface area contributed by atoms with Crippen molar-refractivity contribution >= 4 is 52.2 Å². The van der Waals surface area contributed by atoms with E-state index >= 15 is 0 Å². The van der Waals surface area contributed by atoms with E-state index in [-0.39, 0.29) is 29.6 Å². The summed E-state index contributed by atoms with van der Waals surface area (Å²) in [6.45, 7) is 2.54. The molecule has 1 saturated heterocycles. The van der Waals surface area contributed by atoms with Gasteiger partial charge in [0.25, 0.3) is 11.8 Å². The van der Waals surface area contributed by atoms with E-state index in [1.54, 1.807) is 11.4 Å². The number of amides is 2. The van der Waals surface area contributed by atoms with Gasteiger partial charge in [-0.15, -0.1) is 23.7 Å². The number of benzene rings is 1. The molecule has 0 saturated carbocycles. The Morgan fingerprint density at radius 3 is 2.78 bits per heavy atom. The van der Waals surface area contributed by atoms with Gasteiger partial charge in [0.2, 0.25) is 0 Å². The first-order valence-electron chi connectivity index (χ1n) is 8.41. The minimum Gasteiger partial charge on any atom is -0.507 e. The molecule has 2 aromatic rings. The first-order valence-corrected chi connectivity index (χ1v) is 9.66. The highest BCUT2D eigenvalue weighted by molar-refractivity contribution is 7.14. The van der Waals surface area contributed by atoms with Crippen molar-refractivity contribution < 1.29 is 14.7 Å². The van der Waals surface area contributed by atoms with Crippen LogP contribution in [0, 0.1) is 5.92 Å². The zero-order valence-electron chi connectivity index (χ0n) is 14.5. The number of carbonyl (C=O) groups excluding carboxylic acids is 2. The van der Waals surface area contributed by atoms with E-state index in [1.165, 1.54) is 29.5 Å². The van der Waals surface area contributed by atoms with Gasteiger partial charge in [-0.05, 0) is 61.5 Å². The Hall–Kier alpha value is -1.80. The van der Waals surface area contributed by atoms with Crippen LogP contribution in [-0.4, -0.2) is 36.6 Å². The molecule has 4 N–H and O–H groups in total. The van der Waals surface area contributed by atoms with Crippen LogP contribution in [-0.2, 0) is 0 Å². The van der Waals surface area contributed by atoms with Gasteiger partial charge < -0.3 is 21.1 Å². The molecule has 0 aliphatic carbocycles.